The Bertz CT molecular complexity index is 375. The molecule has 0 atom stereocenters. The van der Waals surface area contributed by atoms with Crippen molar-refractivity contribution in [1.82, 2.24) is 9.88 Å². The molecule has 0 aliphatic heterocycles. The van der Waals surface area contributed by atoms with Crippen LogP contribution in [0.3, 0.4) is 0 Å². The predicted octanol–water partition coefficient (Wildman–Crippen LogP) is 1.77. The highest BCUT2D eigenvalue weighted by Crippen LogP contribution is 2.20. The fraction of sp³-hybridized carbons (Fsp3) is 0.636. The summed E-state index contributed by atoms with van der Waals surface area (Å²) in [5.74, 6) is 0. The highest BCUT2D eigenvalue weighted by Gasteiger charge is 2.14. The molecule has 17 heavy (non-hydrogen) atoms. The Kier molecular flexibility index (Phi) is 5.97. The van der Waals surface area contributed by atoms with Gasteiger partial charge in [0.15, 0.2) is 0 Å². The fourth-order valence-electron chi connectivity index (χ4n) is 1.53. The standard InChI is InChI=1S/C11H19N3OS2/c1-4-14(5-2)6-9-13-8(7-15-3)10(17-9)11(12)16/h4-7H2,1-3H3,(H2,12,16). The normalized spacial score (nSPS) is 11.1. The molecule has 0 aliphatic rings. The van der Waals surface area contributed by atoms with Crippen LogP contribution in [0.25, 0.3) is 0 Å². The zero-order chi connectivity index (χ0) is 12.8. The van der Waals surface area contributed by atoms with Crippen LogP contribution in [0.1, 0.15) is 29.4 Å². The monoisotopic (exact) mass is 273 g/mol. The van der Waals surface area contributed by atoms with Crippen LogP contribution in [0.2, 0.25) is 0 Å². The number of nitrogens with zero attached hydrogens (tertiary/aromatic N) is 2. The van der Waals surface area contributed by atoms with Crippen molar-refractivity contribution in [3.8, 4) is 0 Å². The average molecular weight is 273 g/mol. The zero-order valence-corrected chi connectivity index (χ0v) is 12.2. The van der Waals surface area contributed by atoms with E-state index in [9.17, 15) is 0 Å². The summed E-state index contributed by atoms with van der Waals surface area (Å²) in [5, 5.41) is 1.04. The lowest BCUT2D eigenvalue weighted by atomic mass is 10.4. The molecule has 2 N–H and O–H groups in total. The quantitative estimate of drug-likeness (QED) is 0.767. The van der Waals surface area contributed by atoms with Gasteiger partial charge >= 0.3 is 0 Å². The van der Waals surface area contributed by atoms with Crippen LogP contribution in [0, 0.1) is 0 Å². The molecule has 0 amide bonds. The third-order valence-electron chi connectivity index (χ3n) is 2.50. The van der Waals surface area contributed by atoms with Gasteiger partial charge in [-0.25, -0.2) is 4.98 Å². The number of nitrogens with two attached hydrogens (primary N) is 1. The Morgan fingerprint density at radius 2 is 2.12 bits per heavy atom. The van der Waals surface area contributed by atoms with Crippen molar-refractivity contribution < 1.29 is 4.74 Å². The number of hydrogen-bond donors (Lipinski definition) is 1. The Hall–Kier alpha value is -0.560. The van der Waals surface area contributed by atoms with Gasteiger partial charge in [0, 0.05) is 7.11 Å². The van der Waals surface area contributed by atoms with Gasteiger partial charge in [0.1, 0.15) is 10.00 Å². The van der Waals surface area contributed by atoms with Crippen LogP contribution >= 0.6 is 23.6 Å². The van der Waals surface area contributed by atoms with E-state index in [1.807, 2.05) is 0 Å². The Morgan fingerprint density at radius 3 is 2.59 bits per heavy atom. The van der Waals surface area contributed by atoms with E-state index in [1.165, 1.54) is 0 Å². The number of aromatic nitrogens is 1. The molecule has 1 aromatic rings. The number of ether oxygens (including phenoxy) is 1. The third-order valence-corrected chi connectivity index (χ3v) is 3.95. The van der Waals surface area contributed by atoms with Crippen LogP contribution in [0.5, 0.6) is 0 Å². The molecule has 4 nitrogen and oxygen atoms in total. The molecule has 0 bridgehead atoms. The second kappa shape index (κ2) is 7.00. The number of hydrogen-bond acceptors (Lipinski definition) is 5. The zero-order valence-electron chi connectivity index (χ0n) is 10.5. The molecule has 0 aliphatic carbocycles. The van der Waals surface area contributed by atoms with E-state index in [1.54, 1.807) is 18.4 Å². The molecular formula is C11H19N3OS2. The first-order chi connectivity index (χ1) is 8.12. The van der Waals surface area contributed by atoms with E-state index in [2.05, 4.69) is 23.7 Å². The summed E-state index contributed by atoms with van der Waals surface area (Å²) in [6, 6.07) is 0. The topological polar surface area (TPSA) is 51.4 Å². The predicted molar refractivity (Wildman–Crippen MR) is 75.3 cm³/mol. The summed E-state index contributed by atoms with van der Waals surface area (Å²) >= 11 is 6.59. The lowest BCUT2D eigenvalue weighted by Crippen LogP contribution is -2.21. The van der Waals surface area contributed by atoms with Gasteiger partial charge in [-0.15, -0.1) is 11.3 Å². The molecule has 6 heteroatoms. The number of rotatable bonds is 7. The van der Waals surface area contributed by atoms with Crippen molar-refractivity contribution in [2.75, 3.05) is 20.2 Å². The van der Waals surface area contributed by atoms with Crippen LogP contribution in [-0.2, 0) is 17.9 Å². The molecule has 0 saturated carbocycles. The molecule has 0 fully saturated rings. The maximum atomic E-state index is 5.69. The second-order valence-electron chi connectivity index (χ2n) is 3.64. The number of methoxy groups -OCH3 is 1. The van der Waals surface area contributed by atoms with E-state index < -0.39 is 0 Å². The van der Waals surface area contributed by atoms with Crippen molar-refractivity contribution in [2.24, 2.45) is 5.73 Å². The lowest BCUT2D eigenvalue weighted by molar-refractivity contribution is 0.181. The minimum absolute atomic E-state index is 0.403. The van der Waals surface area contributed by atoms with Gasteiger partial charge in [-0.2, -0.15) is 0 Å². The van der Waals surface area contributed by atoms with Gasteiger partial charge < -0.3 is 10.5 Å². The first-order valence-corrected chi connectivity index (χ1v) is 6.84. The first kappa shape index (κ1) is 14.5. The van der Waals surface area contributed by atoms with E-state index in [0.717, 1.165) is 35.2 Å². The summed E-state index contributed by atoms with van der Waals surface area (Å²) in [7, 11) is 1.65. The summed E-state index contributed by atoms with van der Waals surface area (Å²) in [5.41, 5.74) is 6.54. The van der Waals surface area contributed by atoms with Crippen LogP contribution in [0.4, 0.5) is 0 Å². The maximum absolute atomic E-state index is 5.69. The Morgan fingerprint density at radius 1 is 1.47 bits per heavy atom. The molecule has 1 heterocycles. The van der Waals surface area contributed by atoms with E-state index in [0.29, 0.717) is 11.6 Å². The molecule has 96 valence electrons. The molecular weight excluding hydrogens is 254 g/mol. The summed E-state index contributed by atoms with van der Waals surface area (Å²) < 4.78 is 5.11. The first-order valence-electron chi connectivity index (χ1n) is 5.62. The van der Waals surface area contributed by atoms with E-state index >= 15 is 0 Å². The van der Waals surface area contributed by atoms with Crippen molar-refractivity contribution in [3.63, 3.8) is 0 Å². The Balaban J connectivity index is 2.87. The molecule has 0 radical (unpaired) electrons. The van der Waals surface area contributed by atoms with Gasteiger partial charge in [-0.3, -0.25) is 4.90 Å². The molecule has 0 spiro atoms. The fourth-order valence-corrected chi connectivity index (χ4v) is 2.74. The van der Waals surface area contributed by atoms with Crippen LogP contribution in [0.15, 0.2) is 0 Å². The SMILES string of the molecule is CCN(CC)Cc1nc(COC)c(C(N)=S)s1. The average Bonchev–Trinajstić information content (AvgIpc) is 2.69. The van der Waals surface area contributed by atoms with Crippen molar-refractivity contribution in [1.29, 1.82) is 0 Å². The molecule has 1 aromatic heterocycles. The number of thiazole rings is 1. The third kappa shape index (κ3) is 3.99. The van der Waals surface area contributed by atoms with E-state index in [-0.39, 0.29) is 0 Å². The maximum Gasteiger partial charge on any atom is 0.116 e. The summed E-state index contributed by atoms with van der Waals surface area (Å²) in [6.07, 6.45) is 0. The molecule has 0 aromatic carbocycles. The highest BCUT2D eigenvalue weighted by molar-refractivity contribution is 7.81. The van der Waals surface area contributed by atoms with Crippen LogP contribution < -0.4 is 5.73 Å². The van der Waals surface area contributed by atoms with Gasteiger partial charge in [0.2, 0.25) is 0 Å². The smallest absolute Gasteiger partial charge is 0.116 e. The van der Waals surface area contributed by atoms with Crippen molar-refractivity contribution >= 4 is 28.5 Å². The van der Waals surface area contributed by atoms with Crippen molar-refractivity contribution in [3.05, 3.63) is 15.6 Å². The largest absolute Gasteiger partial charge is 0.389 e. The van der Waals surface area contributed by atoms with Crippen LogP contribution in [-0.4, -0.2) is 35.1 Å². The van der Waals surface area contributed by atoms with Gasteiger partial charge in [0.25, 0.3) is 0 Å². The van der Waals surface area contributed by atoms with E-state index in [4.69, 9.17) is 22.7 Å². The minimum Gasteiger partial charge on any atom is -0.389 e. The Labute approximate surface area is 112 Å². The lowest BCUT2D eigenvalue weighted by Gasteiger charge is -2.15. The second-order valence-corrected chi connectivity index (χ2v) is 5.17. The summed E-state index contributed by atoms with van der Waals surface area (Å²) in [6.45, 7) is 7.61. The number of thiocarbonyl (C=S) groups is 1. The highest BCUT2D eigenvalue weighted by atomic mass is 32.1. The van der Waals surface area contributed by atoms with Crippen molar-refractivity contribution in [2.45, 2.75) is 27.0 Å². The van der Waals surface area contributed by atoms with Gasteiger partial charge in [-0.1, -0.05) is 26.1 Å². The molecule has 0 saturated heterocycles. The molecule has 0 unspecified atom stereocenters. The van der Waals surface area contributed by atoms with Gasteiger partial charge in [-0.05, 0) is 13.1 Å². The van der Waals surface area contributed by atoms with Gasteiger partial charge in [0.05, 0.1) is 23.7 Å². The molecule has 1 rings (SSSR count). The summed E-state index contributed by atoms with van der Waals surface area (Å²) in [4.78, 5) is 8.13. The minimum atomic E-state index is 0.403.